The molecule has 1 aromatic rings. The molecule has 4 nitrogen and oxygen atoms in total. The summed E-state index contributed by atoms with van der Waals surface area (Å²) in [5.74, 6) is -0.807. The Morgan fingerprint density at radius 3 is 1.59 bits per heavy atom. The van der Waals surface area contributed by atoms with E-state index in [1.807, 2.05) is 67.5 Å². The fraction of sp³-hybridized carbons (Fsp3) is 0.567. The average molecular weight is 476 g/mol. The van der Waals surface area contributed by atoms with Crippen LogP contribution in [0, 0.1) is 6.92 Å². The van der Waals surface area contributed by atoms with Crippen LogP contribution in [-0.4, -0.2) is 22.6 Å². The molecule has 4 heteroatoms. The van der Waals surface area contributed by atoms with Gasteiger partial charge in [-0.3, -0.25) is 9.79 Å². The van der Waals surface area contributed by atoms with Crippen molar-refractivity contribution in [1.82, 2.24) is 0 Å². The minimum absolute atomic E-state index is 0.0677. The summed E-state index contributed by atoms with van der Waals surface area (Å²) in [6, 6.07) is 6.75. The van der Waals surface area contributed by atoms with Gasteiger partial charge in [-0.2, -0.15) is 0 Å². The minimum atomic E-state index is -0.875. The molecule has 0 heterocycles. The Bertz CT molecular complexity index is 703. The number of rotatable bonds is 8. The van der Waals surface area contributed by atoms with E-state index >= 15 is 0 Å². The van der Waals surface area contributed by atoms with E-state index in [-0.39, 0.29) is 5.78 Å². The number of nitrogens with zero attached hydrogens (tertiary/aromatic N) is 1. The lowest BCUT2D eigenvalue weighted by molar-refractivity contribution is -0.113. The summed E-state index contributed by atoms with van der Waals surface area (Å²) in [5, 5.41) is 8.48. The van der Waals surface area contributed by atoms with Crippen molar-refractivity contribution in [3.63, 3.8) is 0 Å². The molecule has 0 saturated heterocycles. The summed E-state index contributed by atoms with van der Waals surface area (Å²) < 4.78 is 0. The zero-order valence-electron chi connectivity index (χ0n) is 24.2. The Balaban J connectivity index is -0.000000191. The van der Waals surface area contributed by atoms with E-state index < -0.39 is 5.97 Å². The van der Waals surface area contributed by atoms with Crippen LogP contribution >= 0.6 is 0 Å². The molecule has 0 saturated carbocycles. The van der Waals surface area contributed by atoms with Crippen molar-refractivity contribution in [2.75, 3.05) is 0 Å². The van der Waals surface area contributed by atoms with Crippen LogP contribution < -0.4 is 0 Å². The molecule has 196 valence electrons. The number of allylic oxidation sites excluding steroid dienone is 3. The van der Waals surface area contributed by atoms with Gasteiger partial charge >= 0.3 is 5.97 Å². The topological polar surface area (TPSA) is 66.7 Å². The van der Waals surface area contributed by atoms with Crippen molar-refractivity contribution < 1.29 is 14.7 Å². The Morgan fingerprint density at radius 1 is 0.853 bits per heavy atom. The maximum absolute atomic E-state index is 11.1. The highest BCUT2D eigenvalue weighted by atomic mass is 16.4. The first-order valence-corrected chi connectivity index (χ1v) is 12.8. The summed E-state index contributed by atoms with van der Waals surface area (Å²) in [5.41, 5.74) is 3.83. The molecule has 0 aliphatic heterocycles. The van der Waals surface area contributed by atoms with Crippen molar-refractivity contribution >= 4 is 17.5 Å². The highest BCUT2D eigenvalue weighted by molar-refractivity contribution is 5.94. The second-order valence-corrected chi connectivity index (χ2v) is 7.36. The number of carboxylic acid groups (broad SMARTS) is 1. The van der Waals surface area contributed by atoms with Crippen LogP contribution in [0.3, 0.4) is 0 Å². The fourth-order valence-electron chi connectivity index (χ4n) is 2.20. The first kappa shape index (κ1) is 38.8. The number of aromatic carboxylic acids is 1. The summed E-state index contributed by atoms with van der Waals surface area (Å²) in [4.78, 5) is 25.7. The number of carbonyl (C=O) groups excluding carboxylic acids is 1. The predicted octanol–water partition coefficient (Wildman–Crippen LogP) is 9.63. The smallest absolute Gasteiger partial charge is 0.335 e. The number of hydrogen-bond donors (Lipinski definition) is 1. The normalized spacial score (nSPS) is 9.88. The first-order valence-electron chi connectivity index (χ1n) is 12.8. The van der Waals surface area contributed by atoms with E-state index in [9.17, 15) is 9.59 Å². The second kappa shape index (κ2) is 28.5. The van der Waals surface area contributed by atoms with E-state index in [0.717, 1.165) is 17.0 Å². The van der Waals surface area contributed by atoms with Gasteiger partial charge in [0.25, 0.3) is 0 Å². The average Bonchev–Trinajstić information content (AvgIpc) is 2.82. The molecule has 0 aliphatic carbocycles. The van der Waals surface area contributed by atoms with Gasteiger partial charge < -0.3 is 5.11 Å². The van der Waals surface area contributed by atoms with E-state index in [1.54, 1.807) is 38.1 Å². The maximum Gasteiger partial charge on any atom is 0.335 e. The third-order valence-corrected chi connectivity index (χ3v) is 4.09. The number of aliphatic imine (C=N–C) groups is 1. The fourth-order valence-corrected chi connectivity index (χ4v) is 2.20. The molecular formula is C30H53NO3. The Hall–Kier alpha value is -2.49. The lowest BCUT2D eigenvalue weighted by atomic mass is 10.1. The molecule has 1 N–H and O–H groups in total. The quantitative estimate of drug-likeness (QED) is 0.176. The molecule has 0 unspecified atom stereocenters. The van der Waals surface area contributed by atoms with Crippen LogP contribution in [0.4, 0.5) is 0 Å². The predicted molar refractivity (Wildman–Crippen MR) is 152 cm³/mol. The standard InChI is InChI=1S/C11H17NO.C8H8O2.C7H16.2C2H6/c1-6-7-11(12-8(2)3)9(4)10(5)13;1-6-2-4-7(5-3-6)8(9)10;1-3-5-7-6-4-2;2*1-2/h6-7H,1-5H3;2-5H,1H3,(H,9,10);3-7H2,1-2H3;2*1-2H3/b7-6-,11-9-;;;;. The van der Waals surface area contributed by atoms with Crippen LogP contribution in [0.5, 0.6) is 0 Å². The first-order chi connectivity index (χ1) is 16.1. The van der Waals surface area contributed by atoms with Crippen LogP contribution in [-0.2, 0) is 4.79 Å². The molecule has 0 spiro atoms. The summed E-state index contributed by atoms with van der Waals surface area (Å²) >= 11 is 0. The van der Waals surface area contributed by atoms with Gasteiger partial charge in [-0.1, -0.05) is 97.4 Å². The zero-order chi connectivity index (χ0) is 27.5. The van der Waals surface area contributed by atoms with Crippen LogP contribution in [0.15, 0.2) is 52.7 Å². The number of aryl methyl sites for hydroxylation is 1. The highest BCUT2D eigenvalue weighted by Crippen LogP contribution is 2.09. The van der Waals surface area contributed by atoms with Crippen molar-refractivity contribution in [1.29, 1.82) is 0 Å². The summed E-state index contributed by atoms with van der Waals surface area (Å²) in [6.45, 7) is 23.5. The van der Waals surface area contributed by atoms with Gasteiger partial charge in [0.2, 0.25) is 0 Å². The van der Waals surface area contributed by atoms with Crippen molar-refractivity contribution in [2.24, 2.45) is 4.99 Å². The van der Waals surface area contributed by atoms with Gasteiger partial charge in [0.05, 0.1) is 11.3 Å². The SMILES string of the molecule is C/C=C\C(N=C(C)C)=C(/C)C(C)=O.CC.CC.CCCCCCC.Cc1ccc(C(=O)O)cc1. The summed E-state index contributed by atoms with van der Waals surface area (Å²) in [7, 11) is 0. The molecule has 1 aromatic carbocycles. The molecule has 0 aliphatic rings. The monoisotopic (exact) mass is 475 g/mol. The van der Waals surface area contributed by atoms with Gasteiger partial charge in [0, 0.05) is 11.3 Å². The van der Waals surface area contributed by atoms with Crippen molar-refractivity contribution in [2.45, 2.75) is 115 Å². The van der Waals surface area contributed by atoms with Crippen LogP contribution in [0.25, 0.3) is 0 Å². The molecule has 0 atom stereocenters. The number of carboxylic acids is 1. The number of carbonyl (C=O) groups is 2. The number of unbranched alkanes of at least 4 members (excludes halogenated alkanes) is 4. The molecule has 34 heavy (non-hydrogen) atoms. The second-order valence-electron chi connectivity index (χ2n) is 7.36. The van der Waals surface area contributed by atoms with Crippen LogP contribution in [0.1, 0.15) is 124 Å². The van der Waals surface area contributed by atoms with Crippen LogP contribution in [0.2, 0.25) is 0 Å². The molecule has 0 bridgehead atoms. The largest absolute Gasteiger partial charge is 0.478 e. The van der Waals surface area contributed by atoms with E-state index in [2.05, 4.69) is 18.8 Å². The van der Waals surface area contributed by atoms with Gasteiger partial charge in [-0.15, -0.1) is 0 Å². The van der Waals surface area contributed by atoms with Crippen molar-refractivity contribution in [3.05, 3.63) is 58.8 Å². The summed E-state index contributed by atoms with van der Waals surface area (Å²) in [6.07, 6.45) is 10.7. The molecule has 1 rings (SSSR count). The number of ketones is 1. The van der Waals surface area contributed by atoms with E-state index in [4.69, 9.17) is 5.11 Å². The zero-order valence-corrected chi connectivity index (χ0v) is 24.2. The Morgan fingerprint density at radius 2 is 1.29 bits per heavy atom. The Kier molecular flexibility index (Phi) is 32.5. The van der Waals surface area contributed by atoms with E-state index in [1.165, 1.54) is 32.1 Å². The minimum Gasteiger partial charge on any atom is -0.478 e. The third kappa shape index (κ3) is 25.8. The van der Waals surface area contributed by atoms with Gasteiger partial charge in [0.1, 0.15) is 0 Å². The number of benzene rings is 1. The molecule has 0 amide bonds. The lowest BCUT2D eigenvalue weighted by Gasteiger charge is -2.00. The Labute approximate surface area is 211 Å². The van der Waals surface area contributed by atoms with E-state index in [0.29, 0.717) is 11.1 Å². The molecule has 0 fully saturated rings. The third-order valence-electron chi connectivity index (χ3n) is 4.09. The lowest BCUT2D eigenvalue weighted by Crippen LogP contribution is -1.96. The van der Waals surface area contributed by atoms with Crippen molar-refractivity contribution in [3.8, 4) is 0 Å². The molecule has 0 radical (unpaired) electrons. The van der Waals surface area contributed by atoms with Gasteiger partial charge in [-0.05, 0) is 59.8 Å². The number of Topliss-reactive ketones (excluding diaryl/α,β-unsaturated/α-hetero) is 1. The van der Waals surface area contributed by atoms with Gasteiger partial charge in [-0.25, -0.2) is 4.79 Å². The van der Waals surface area contributed by atoms with Gasteiger partial charge in [0.15, 0.2) is 5.78 Å². The molecule has 0 aromatic heterocycles. The molecular weight excluding hydrogens is 422 g/mol. The highest BCUT2D eigenvalue weighted by Gasteiger charge is 2.02. The number of hydrogen-bond acceptors (Lipinski definition) is 3. The maximum atomic E-state index is 11.1.